The Balaban J connectivity index is 2.91. The maximum atomic E-state index is 11.9. The summed E-state index contributed by atoms with van der Waals surface area (Å²) in [6.07, 6.45) is -0.519. The first-order valence-corrected chi connectivity index (χ1v) is 5.46. The van der Waals surface area contributed by atoms with Gasteiger partial charge < -0.3 is 10.4 Å². The van der Waals surface area contributed by atoms with E-state index in [-0.39, 0.29) is 12.5 Å². The molecule has 0 aliphatic heterocycles. The van der Waals surface area contributed by atoms with Crippen LogP contribution in [0.2, 0.25) is 0 Å². The molecule has 0 radical (unpaired) electrons. The lowest BCUT2D eigenvalue weighted by atomic mass is 9.99. The van der Waals surface area contributed by atoms with Crippen LogP contribution in [0, 0.1) is 20.8 Å². The molecule has 0 spiro atoms. The van der Waals surface area contributed by atoms with Gasteiger partial charge in [-0.25, -0.2) is 0 Å². The Morgan fingerprint density at radius 1 is 1.31 bits per heavy atom. The van der Waals surface area contributed by atoms with E-state index in [0.717, 1.165) is 16.7 Å². The predicted octanol–water partition coefficient (Wildman–Crippen LogP) is 1.72. The van der Waals surface area contributed by atoms with E-state index >= 15 is 0 Å². The maximum absolute atomic E-state index is 11.9. The summed E-state index contributed by atoms with van der Waals surface area (Å²) < 4.78 is 0. The number of carbonyl (C=O) groups excluding carboxylic acids is 1. The quantitative estimate of drug-likeness (QED) is 0.816. The van der Waals surface area contributed by atoms with Crippen molar-refractivity contribution in [2.75, 3.05) is 6.54 Å². The molecule has 0 saturated heterocycles. The molecule has 0 aromatic heterocycles. The Morgan fingerprint density at radius 2 is 1.81 bits per heavy atom. The van der Waals surface area contributed by atoms with E-state index in [0.29, 0.717) is 5.56 Å². The highest BCUT2D eigenvalue weighted by molar-refractivity contribution is 5.97. The summed E-state index contributed by atoms with van der Waals surface area (Å²) in [5, 5.41) is 11.8. The molecule has 0 aliphatic carbocycles. The van der Waals surface area contributed by atoms with Gasteiger partial charge in [-0.2, -0.15) is 0 Å². The summed E-state index contributed by atoms with van der Waals surface area (Å²) in [6.45, 7) is 7.80. The van der Waals surface area contributed by atoms with E-state index in [9.17, 15) is 4.79 Å². The summed E-state index contributed by atoms with van der Waals surface area (Å²) >= 11 is 0. The molecule has 3 nitrogen and oxygen atoms in total. The third-order valence-corrected chi connectivity index (χ3v) is 2.46. The average molecular weight is 221 g/mol. The fraction of sp³-hybridized carbons (Fsp3) is 0.462. The van der Waals surface area contributed by atoms with Crippen LogP contribution in [0.1, 0.15) is 34.0 Å². The van der Waals surface area contributed by atoms with Gasteiger partial charge in [0.2, 0.25) is 0 Å². The zero-order valence-electron chi connectivity index (χ0n) is 10.3. The molecule has 1 rings (SSSR count). The maximum Gasteiger partial charge on any atom is 0.251 e. The van der Waals surface area contributed by atoms with Gasteiger partial charge in [0.1, 0.15) is 0 Å². The van der Waals surface area contributed by atoms with Gasteiger partial charge in [0.15, 0.2) is 0 Å². The Morgan fingerprint density at radius 3 is 2.25 bits per heavy atom. The van der Waals surface area contributed by atoms with Crippen LogP contribution in [0.25, 0.3) is 0 Å². The summed E-state index contributed by atoms with van der Waals surface area (Å²) in [7, 11) is 0. The van der Waals surface area contributed by atoms with E-state index in [1.54, 1.807) is 6.92 Å². The molecule has 0 bridgehead atoms. The third-order valence-electron chi connectivity index (χ3n) is 2.46. The summed E-state index contributed by atoms with van der Waals surface area (Å²) in [5.41, 5.74) is 3.81. The monoisotopic (exact) mass is 221 g/mol. The van der Waals surface area contributed by atoms with Crippen molar-refractivity contribution < 1.29 is 9.90 Å². The molecule has 1 aromatic carbocycles. The molecular weight excluding hydrogens is 202 g/mol. The number of aryl methyl sites for hydroxylation is 3. The first-order valence-electron chi connectivity index (χ1n) is 5.46. The molecule has 0 heterocycles. The second-order valence-electron chi connectivity index (χ2n) is 4.33. The largest absolute Gasteiger partial charge is 0.392 e. The molecule has 2 N–H and O–H groups in total. The number of aliphatic hydroxyl groups excluding tert-OH is 1. The van der Waals surface area contributed by atoms with E-state index in [1.165, 1.54) is 0 Å². The van der Waals surface area contributed by atoms with Crippen molar-refractivity contribution in [3.05, 3.63) is 34.4 Å². The number of benzene rings is 1. The van der Waals surface area contributed by atoms with E-state index in [2.05, 4.69) is 5.32 Å². The van der Waals surface area contributed by atoms with Gasteiger partial charge in [-0.1, -0.05) is 17.7 Å². The smallest absolute Gasteiger partial charge is 0.251 e. The molecule has 1 aromatic rings. The molecule has 1 amide bonds. The van der Waals surface area contributed by atoms with Crippen LogP contribution < -0.4 is 5.32 Å². The van der Waals surface area contributed by atoms with Gasteiger partial charge in [-0.15, -0.1) is 0 Å². The zero-order valence-corrected chi connectivity index (χ0v) is 10.3. The predicted molar refractivity (Wildman–Crippen MR) is 64.7 cm³/mol. The van der Waals surface area contributed by atoms with Crippen LogP contribution in [-0.2, 0) is 0 Å². The summed E-state index contributed by atoms with van der Waals surface area (Å²) in [6, 6.07) is 3.98. The molecule has 0 saturated carbocycles. The Hall–Kier alpha value is -1.35. The molecule has 0 unspecified atom stereocenters. The highest BCUT2D eigenvalue weighted by Gasteiger charge is 2.12. The Labute approximate surface area is 96.5 Å². The van der Waals surface area contributed by atoms with Crippen molar-refractivity contribution in [1.29, 1.82) is 0 Å². The number of rotatable bonds is 3. The Kier molecular flexibility index (Phi) is 4.07. The average Bonchev–Trinajstić information content (AvgIpc) is 2.12. The van der Waals surface area contributed by atoms with Crippen molar-refractivity contribution >= 4 is 5.91 Å². The minimum absolute atomic E-state index is 0.115. The standard InChI is InChI=1S/C13H19NO2/c1-8-5-9(2)12(10(3)6-8)13(16)14-7-11(4)15/h5-6,11,15H,7H2,1-4H3,(H,14,16)/t11-/m0/s1. The van der Waals surface area contributed by atoms with Gasteiger partial charge in [-0.05, 0) is 38.8 Å². The minimum atomic E-state index is -0.519. The van der Waals surface area contributed by atoms with E-state index in [4.69, 9.17) is 5.11 Å². The zero-order chi connectivity index (χ0) is 12.3. The number of amides is 1. The van der Waals surface area contributed by atoms with Crippen molar-refractivity contribution in [3.8, 4) is 0 Å². The lowest BCUT2D eigenvalue weighted by Gasteiger charge is -2.12. The fourth-order valence-electron chi connectivity index (χ4n) is 1.87. The van der Waals surface area contributed by atoms with E-state index < -0.39 is 6.10 Å². The SMILES string of the molecule is Cc1cc(C)c(C(=O)NC[C@H](C)O)c(C)c1. The molecule has 16 heavy (non-hydrogen) atoms. The lowest BCUT2D eigenvalue weighted by molar-refractivity contribution is 0.0923. The van der Waals surface area contributed by atoms with Crippen LogP contribution in [0.15, 0.2) is 12.1 Å². The number of hydrogen-bond donors (Lipinski definition) is 2. The van der Waals surface area contributed by atoms with Crippen LogP contribution >= 0.6 is 0 Å². The minimum Gasteiger partial charge on any atom is -0.392 e. The first-order chi connectivity index (χ1) is 7.41. The van der Waals surface area contributed by atoms with Gasteiger partial charge in [0.25, 0.3) is 5.91 Å². The van der Waals surface area contributed by atoms with Crippen LogP contribution in [0.4, 0.5) is 0 Å². The lowest BCUT2D eigenvalue weighted by Crippen LogP contribution is -2.31. The highest BCUT2D eigenvalue weighted by atomic mass is 16.3. The van der Waals surface area contributed by atoms with Gasteiger partial charge in [-0.3, -0.25) is 4.79 Å². The van der Waals surface area contributed by atoms with Gasteiger partial charge in [0.05, 0.1) is 6.10 Å². The second-order valence-corrected chi connectivity index (χ2v) is 4.33. The number of aliphatic hydroxyl groups is 1. The van der Waals surface area contributed by atoms with Crippen LogP contribution in [0.5, 0.6) is 0 Å². The van der Waals surface area contributed by atoms with Crippen molar-refractivity contribution in [3.63, 3.8) is 0 Å². The molecule has 1 atom stereocenters. The van der Waals surface area contributed by atoms with E-state index in [1.807, 2.05) is 32.9 Å². The molecule has 0 fully saturated rings. The summed E-state index contributed by atoms with van der Waals surface area (Å²) in [4.78, 5) is 11.9. The second kappa shape index (κ2) is 5.12. The topological polar surface area (TPSA) is 49.3 Å². The highest BCUT2D eigenvalue weighted by Crippen LogP contribution is 2.16. The first kappa shape index (κ1) is 12.7. The van der Waals surface area contributed by atoms with Crippen LogP contribution in [-0.4, -0.2) is 23.7 Å². The van der Waals surface area contributed by atoms with Crippen LogP contribution in [0.3, 0.4) is 0 Å². The normalized spacial score (nSPS) is 12.3. The van der Waals surface area contributed by atoms with Gasteiger partial charge in [0, 0.05) is 12.1 Å². The molecule has 88 valence electrons. The van der Waals surface area contributed by atoms with Gasteiger partial charge >= 0.3 is 0 Å². The van der Waals surface area contributed by atoms with Crippen molar-refractivity contribution in [1.82, 2.24) is 5.32 Å². The number of hydrogen-bond acceptors (Lipinski definition) is 2. The number of carbonyl (C=O) groups is 1. The molecular formula is C13H19NO2. The van der Waals surface area contributed by atoms with Crippen molar-refractivity contribution in [2.45, 2.75) is 33.8 Å². The Bertz CT molecular complexity index is 374. The third kappa shape index (κ3) is 3.07. The molecule has 0 aliphatic rings. The summed E-state index contributed by atoms with van der Waals surface area (Å²) in [5.74, 6) is -0.115. The number of nitrogens with one attached hydrogen (secondary N) is 1. The molecule has 3 heteroatoms. The van der Waals surface area contributed by atoms with Crippen molar-refractivity contribution in [2.24, 2.45) is 0 Å². The fourth-order valence-corrected chi connectivity index (χ4v) is 1.87.